The van der Waals surface area contributed by atoms with E-state index in [9.17, 15) is 4.79 Å². The van der Waals surface area contributed by atoms with Crippen molar-refractivity contribution in [2.75, 3.05) is 6.54 Å². The van der Waals surface area contributed by atoms with Crippen LogP contribution in [0.15, 0.2) is 23.3 Å². The maximum Gasteiger partial charge on any atom is 0.251 e. The second-order valence-electron chi connectivity index (χ2n) is 2.64. The first-order valence-electron chi connectivity index (χ1n) is 4.14. The van der Waals surface area contributed by atoms with E-state index in [0.717, 1.165) is 0 Å². The van der Waals surface area contributed by atoms with Gasteiger partial charge in [-0.05, 0) is 25.1 Å². The molecule has 0 aromatic heterocycles. The van der Waals surface area contributed by atoms with Gasteiger partial charge in [0.2, 0.25) is 0 Å². The lowest BCUT2D eigenvalue weighted by atomic mass is 10.2. The van der Waals surface area contributed by atoms with Gasteiger partial charge in [-0.2, -0.15) is 5.11 Å². The minimum atomic E-state index is -0.175. The molecule has 4 nitrogen and oxygen atoms in total. The topological polar surface area (TPSA) is 65.3 Å². The molecule has 1 aromatic rings. The van der Waals surface area contributed by atoms with E-state index >= 15 is 0 Å². The van der Waals surface area contributed by atoms with Gasteiger partial charge in [0.15, 0.2) is 0 Å². The number of amides is 1. The molecule has 0 aliphatic rings. The summed E-state index contributed by atoms with van der Waals surface area (Å²) in [5.41, 5.74) is 7.62. The van der Waals surface area contributed by atoms with E-state index in [0.29, 0.717) is 22.8 Å². The van der Waals surface area contributed by atoms with Gasteiger partial charge in [-0.25, -0.2) is 5.53 Å². The first-order valence-corrected chi connectivity index (χ1v) is 4.52. The highest BCUT2D eigenvalue weighted by molar-refractivity contribution is 6.33. The molecule has 0 bridgehead atoms. The highest BCUT2D eigenvalue weighted by Gasteiger charge is 2.06. The summed E-state index contributed by atoms with van der Waals surface area (Å²) in [7, 11) is 0. The molecule has 5 heteroatoms. The lowest BCUT2D eigenvalue weighted by Crippen LogP contribution is -2.22. The van der Waals surface area contributed by atoms with E-state index < -0.39 is 0 Å². The van der Waals surface area contributed by atoms with E-state index in [1.165, 1.54) is 6.07 Å². The molecule has 1 rings (SSSR count). The molecule has 0 aliphatic carbocycles. The van der Waals surface area contributed by atoms with Crippen molar-refractivity contribution in [3.05, 3.63) is 28.8 Å². The monoisotopic (exact) mass is 211 g/mol. The number of benzene rings is 1. The van der Waals surface area contributed by atoms with Crippen molar-refractivity contribution in [3.63, 3.8) is 0 Å². The molecule has 0 aliphatic heterocycles. The lowest BCUT2D eigenvalue weighted by Gasteiger charge is -2.03. The van der Waals surface area contributed by atoms with Gasteiger partial charge in [0.1, 0.15) is 5.69 Å². The first kappa shape index (κ1) is 10.7. The van der Waals surface area contributed by atoms with Crippen molar-refractivity contribution in [3.8, 4) is 0 Å². The van der Waals surface area contributed by atoms with Crippen molar-refractivity contribution in [2.45, 2.75) is 6.92 Å². The first-order chi connectivity index (χ1) is 6.69. The van der Waals surface area contributed by atoms with Gasteiger partial charge in [0.05, 0.1) is 5.02 Å². The molecule has 74 valence electrons. The van der Waals surface area contributed by atoms with Crippen LogP contribution in [-0.2, 0) is 0 Å². The largest absolute Gasteiger partial charge is 0.352 e. The Hall–Kier alpha value is -1.42. The van der Waals surface area contributed by atoms with E-state index in [4.69, 9.17) is 17.1 Å². The number of carbonyl (C=O) groups is 1. The van der Waals surface area contributed by atoms with Crippen LogP contribution in [0.2, 0.25) is 5.02 Å². The quantitative estimate of drug-likeness (QED) is 0.742. The van der Waals surface area contributed by atoms with Gasteiger partial charge >= 0.3 is 0 Å². The molecule has 14 heavy (non-hydrogen) atoms. The summed E-state index contributed by atoms with van der Waals surface area (Å²) >= 11 is 5.78. The molecular formula is C9H10ClN3O. The Labute approximate surface area is 86.8 Å². The number of hydrogen-bond acceptors (Lipinski definition) is 3. The molecule has 0 heterocycles. The lowest BCUT2D eigenvalue weighted by molar-refractivity contribution is 0.0956. The molecule has 1 amide bonds. The van der Waals surface area contributed by atoms with Crippen LogP contribution in [0, 0.1) is 5.53 Å². The summed E-state index contributed by atoms with van der Waals surface area (Å²) in [5, 5.41) is 6.16. The fourth-order valence-corrected chi connectivity index (χ4v) is 1.22. The summed E-state index contributed by atoms with van der Waals surface area (Å²) in [6.45, 7) is 2.41. The highest BCUT2D eigenvalue weighted by Crippen LogP contribution is 2.25. The zero-order valence-corrected chi connectivity index (χ0v) is 8.43. The average Bonchev–Trinajstić information content (AvgIpc) is 2.18. The zero-order chi connectivity index (χ0) is 10.6. The Morgan fingerprint density at radius 1 is 1.64 bits per heavy atom. The summed E-state index contributed by atoms with van der Waals surface area (Å²) < 4.78 is 0. The number of hydrogen-bond donors (Lipinski definition) is 2. The summed E-state index contributed by atoms with van der Waals surface area (Å²) in [5.74, 6) is -0.175. The van der Waals surface area contributed by atoms with Gasteiger partial charge in [0, 0.05) is 12.1 Å². The number of rotatable bonds is 3. The van der Waals surface area contributed by atoms with E-state index in [2.05, 4.69) is 10.4 Å². The molecule has 0 radical (unpaired) electrons. The van der Waals surface area contributed by atoms with Crippen molar-refractivity contribution >= 4 is 23.2 Å². The van der Waals surface area contributed by atoms with E-state index in [1.54, 1.807) is 12.1 Å². The molecule has 0 saturated carbocycles. The minimum Gasteiger partial charge on any atom is -0.352 e. The Morgan fingerprint density at radius 2 is 2.36 bits per heavy atom. The maximum atomic E-state index is 11.3. The normalized spacial score (nSPS) is 9.57. The molecular weight excluding hydrogens is 202 g/mol. The van der Waals surface area contributed by atoms with Crippen LogP contribution in [0.5, 0.6) is 0 Å². The van der Waals surface area contributed by atoms with Crippen LogP contribution < -0.4 is 5.32 Å². The zero-order valence-electron chi connectivity index (χ0n) is 7.67. The SMILES string of the molecule is CCNC(=O)c1ccc(N=N)c(Cl)c1. The number of nitrogens with zero attached hydrogens (tertiary/aromatic N) is 1. The fraction of sp³-hybridized carbons (Fsp3) is 0.222. The molecule has 0 unspecified atom stereocenters. The van der Waals surface area contributed by atoms with Crippen LogP contribution in [0.3, 0.4) is 0 Å². The molecule has 1 aromatic carbocycles. The average molecular weight is 212 g/mol. The molecule has 0 spiro atoms. The molecule has 0 fully saturated rings. The Bertz CT molecular complexity index is 365. The van der Waals surface area contributed by atoms with Crippen LogP contribution in [-0.4, -0.2) is 12.5 Å². The molecule has 2 N–H and O–H groups in total. The van der Waals surface area contributed by atoms with Gasteiger partial charge in [-0.1, -0.05) is 11.6 Å². The van der Waals surface area contributed by atoms with Crippen molar-refractivity contribution in [2.24, 2.45) is 5.11 Å². The second-order valence-corrected chi connectivity index (χ2v) is 3.04. The van der Waals surface area contributed by atoms with Gasteiger partial charge in [0.25, 0.3) is 5.91 Å². The van der Waals surface area contributed by atoms with Gasteiger partial charge in [-0.15, -0.1) is 0 Å². The second kappa shape index (κ2) is 4.72. The number of nitrogens with one attached hydrogen (secondary N) is 2. The summed E-state index contributed by atoms with van der Waals surface area (Å²) in [6, 6.07) is 4.63. The Kier molecular flexibility index (Phi) is 3.59. The summed E-state index contributed by atoms with van der Waals surface area (Å²) in [4.78, 5) is 11.3. The summed E-state index contributed by atoms with van der Waals surface area (Å²) in [6.07, 6.45) is 0. The van der Waals surface area contributed by atoms with Crippen LogP contribution in [0.1, 0.15) is 17.3 Å². The Balaban J connectivity index is 2.96. The van der Waals surface area contributed by atoms with Gasteiger partial charge < -0.3 is 5.32 Å². The third-order valence-corrected chi connectivity index (χ3v) is 1.97. The standard InChI is InChI=1S/C9H10ClN3O/c1-2-12-9(14)6-3-4-8(13-11)7(10)5-6/h3-5,11H,2H2,1H3,(H,12,14). The third-order valence-electron chi connectivity index (χ3n) is 1.67. The van der Waals surface area contributed by atoms with E-state index in [-0.39, 0.29) is 5.91 Å². The highest BCUT2D eigenvalue weighted by atomic mass is 35.5. The predicted octanol–water partition coefficient (Wildman–Crippen LogP) is 2.75. The molecule has 0 atom stereocenters. The number of carbonyl (C=O) groups excluding carboxylic acids is 1. The van der Waals surface area contributed by atoms with Crippen molar-refractivity contribution < 1.29 is 4.79 Å². The van der Waals surface area contributed by atoms with E-state index in [1.807, 2.05) is 6.92 Å². The minimum absolute atomic E-state index is 0.175. The smallest absolute Gasteiger partial charge is 0.251 e. The van der Waals surface area contributed by atoms with Crippen molar-refractivity contribution in [1.29, 1.82) is 5.53 Å². The maximum absolute atomic E-state index is 11.3. The van der Waals surface area contributed by atoms with Crippen LogP contribution in [0.25, 0.3) is 0 Å². The number of halogens is 1. The third kappa shape index (κ3) is 2.29. The van der Waals surface area contributed by atoms with Gasteiger partial charge in [-0.3, -0.25) is 4.79 Å². The predicted molar refractivity (Wildman–Crippen MR) is 54.3 cm³/mol. The fourth-order valence-electron chi connectivity index (χ4n) is 1.00. The van der Waals surface area contributed by atoms with Crippen LogP contribution in [0.4, 0.5) is 5.69 Å². The Morgan fingerprint density at radius 3 is 2.86 bits per heavy atom. The van der Waals surface area contributed by atoms with Crippen molar-refractivity contribution in [1.82, 2.24) is 5.32 Å². The molecule has 0 saturated heterocycles. The van der Waals surface area contributed by atoms with Crippen LogP contribution >= 0.6 is 11.6 Å².